The number of benzene rings is 1. The summed E-state index contributed by atoms with van der Waals surface area (Å²) in [7, 11) is -3.81. The summed E-state index contributed by atoms with van der Waals surface area (Å²) in [6.45, 7) is 1.89. The Labute approximate surface area is 155 Å². The van der Waals surface area contributed by atoms with Gasteiger partial charge in [0.1, 0.15) is 15.3 Å². The van der Waals surface area contributed by atoms with Crippen molar-refractivity contribution in [3.8, 4) is 0 Å². The second-order valence-electron chi connectivity index (χ2n) is 5.48. The average molecular weight is 398 g/mol. The van der Waals surface area contributed by atoms with Crippen LogP contribution in [0.15, 0.2) is 46.0 Å². The molecule has 6 nitrogen and oxygen atoms in total. The standard InChI is InChI=1S/C17H19FN2O4S2/c1-2-9-19-16(21)17(22)20-11-14(12-5-7-13(18)8-6-12)26(23,24)15-4-3-10-25-15/h3-8,10,14H,2,9,11H2,1H3,(H,19,21)(H,20,22)/t14-/m1/s1. The number of rotatable bonds is 7. The van der Waals surface area contributed by atoms with Crippen molar-refractivity contribution in [1.82, 2.24) is 10.6 Å². The average Bonchev–Trinajstić information content (AvgIpc) is 3.16. The Kier molecular flexibility index (Phi) is 6.87. The zero-order chi connectivity index (χ0) is 19.2. The van der Waals surface area contributed by atoms with E-state index in [2.05, 4.69) is 10.6 Å². The van der Waals surface area contributed by atoms with Crippen molar-refractivity contribution in [3.05, 3.63) is 53.2 Å². The van der Waals surface area contributed by atoms with Gasteiger partial charge in [-0.25, -0.2) is 12.8 Å². The van der Waals surface area contributed by atoms with Gasteiger partial charge in [0.2, 0.25) is 0 Å². The van der Waals surface area contributed by atoms with E-state index in [4.69, 9.17) is 0 Å². The fraction of sp³-hybridized carbons (Fsp3) is 0.294. The van der Waals surface area contributed by atoms with Gasteiger partial charge in [-0.2, -0.15) is 0 Å². The Morgan fingerprint density at radius 2 is 1.77 bits per heavy atom. The maximum atomic E-state index is 13.2. The predicted octanol–water partition coefficient (Wildman–Crippen LogP) is 2.04. The Balaban J connectivity index is 2.23. The summed E-state index contributed by atoms with van der Waals surface area (Å²) in [6, 6.07) is 8.09. The number of amides is 2. The molecule has 140 valence electrons. The van der Waals surface area contributed by atoms with E-state index in [1.165, 1.54) is 18.2 Å². The van der Waals surface area contributed by atoms with Gasteiger partial charge < -0.3 is 10.6 Å². The third-order valence-electron chi connectivity index (χ3n) is 3.58. The van der Waals surface area contributed by atoms with Crippen molar-refractivity contribution >= 4 is 33.0 Å². The van der Waals surface area contributed by atoms with Crippen LogP contribution in [0, 0.1) is 5.82 Å². The monoisotopic (exact) mass is 398 g/mol. The summed E-state index contributed by atoms with van der Waals surface area (Å²) in [4.78, 5) is 23.5. The molecule has 0 aliphatic rings. The van der Waals surface area contributed by atoms with E-state index in [0.29, 0.717) is 18.5 Å². The number of sulfone groups is 1. The fourth-order valence-electron chi connectivity index (χ4n) is 2.23. The van der Waals surface area contributed by atoms with Crippen molar-refractivity contribution in [2.75, 3.05) is 13.1 Å². The molecule has 2 N–H and O–H groups in total. The minimum absolute atomic E-state index is 0.136. The van der Waals surface area contributed by atoms with Crippen molar-refractivity contribution in [3.63, 3.8) is 0 Å². The lowest BCUT2D eigenvalue weighted by Gasteiger charge is -2.18. The molecule has 2 aromatic rings. The molecule has 9 heteroatoms. The minimum atomic E-state index is -3.81. The lowest BCUT2D eigenvalue weighted by Crippen LogP contribution is -2.42. The lowest BCUT2D eigenvalue weighted by molar-refractivity contribution is -0.139. The molecule has 1 heterocycles. The second kappa shape index (κ2) is 8.91. The van der Waals surface area contributed by atoms with Crippen LogP contribution in [0.25, 0.3) is 0 Å². The first-order valence-corrected chi connectivity index (χ1v) is 10.4. The van der Waals surface area contributed by atoms with Crippen molar-refractivity contribution in [2.24, 2.45) is 0 Å². The molecule has 2 amide bonds. The van der Waals surface area contributed by atoms with Gasteiger partial charge in [-0.3, -0.25) is 9.59 Å². The molecule has 2 rings (SSSR count). The Bertz CT molecular complexity index is 849. The smallest absolute Gasteiger partial charge is 0.309 e. The zero-order valence-corrected chi connectivity index (χ0v) is 15.7. The zero-order valence-electron chi connectivity index (χ0n) is 14.1. The highest BCUT2D eigenvalue weighted by molar-refractivity contribution is 7.93. The molecule has 0 saturated heterocycles. The van der Waals surface area contributed by atoms with Gasteiger partial charge in [0.15, 0.2) is 9.84 Å². The van der Waals surface area contributed by atoms with Crippen molar-refractivity contribution in [2.45, 2.75) is 22.8 Å². The number of hydrogen-bond donors (Lipinski definition) is 2. The van der Waals surface area contributed by atoms with Gasteiger partial charge in [-0.15, -0.1) is 11.3 Å². The molecular weight excluding hydrogens is 379 g/mol. The van der Waals surface area contributed by atoms with Gasteiger partial charge in [0.25, 0.3) is 0 Å². The minimum Gasteiger partial charge on any atom is -0.348 e. The normalized spacial score (nSPS) is 12.4. The summed E-state index contributed by atoms with van der Waals surface area (Å²) in [5.74, 6) is -2.23. The predicted molar refractivity (Wildman–Crippen MR) is 97.0 cm³/mol. The van der Waals surface area contributed by atoms with E-state index in [0.717, 1.165) is 23.5 Å². The van der Waals surface area contributed by atoms with Crippen LogP contribution >= 0.6 is 11.3 Å². The summed E-state index contributed by atoms with van der Waals surface area (Å²) in [5, 5.41) is 5.27. The Morgan fingerprint density at radius 3 is 2.35 bits per heavy atom. The third kappa shape index (κ3) is 4.89. The van der Waals surface area contributed by atoms with Crippen LogP contribution in [-0.4, -0.2) is 33.3 Å². The maximum absolute atomic E-state index is 13.2. The lowest BCUT2D eigenvalue weighted by atomic mass is 10.1. The molecule has 1 aromatic carbocycles. The third-order valence-corrected chi connectivity index (χ3v) is 7.11. The largest absolute Gasteiger partial charge is 0.348 e. The molecule has 0 spiro atoms. The molecule has 1 atom stereocenters. The maximum Gasteiger partial charge on any atom is 0.309 e. The van der Waals surface area contributed by atoms with Crippen LogP contribution < -0.4 is 10.6 Å². The molecular formula is C17H19FN2O4S2. The first-order valence-electron chi connectivity index (χ1n) is 7.95. The molecule has 0 aliphatic heterocycles. The number of nitrogens with one attached hydrogen (secondary N) is 2. The van der Waals surface area contributed by atoms with E-state index < -0.39 is 32.7 Å². The molecule has 0 fully saturated rings. The first-order chi connectivity index (χ1) is 12.4. The molecule has 0 radical (unpaired) electrons. The van der Waals surface area contributed by atoms with Crippen LogP contribution in [0.3, 0.4) is 0 Å². The molecule has 26 heavy (non-hydrogen) atoms. The van der Waals surface area contributed by atoms with Gasteiger partial charge in [0, 0.05) is 13.1 Å². The van der Waals surface area contributed by atoms with Crippen LogP contribution in [0.4, 0.5) is 4.39 Å². The molecule has 1 aromatic heterocycles. The van der Waals surface area contributed by atoms with Crippen LogP contribution in [0.2, 0.25) is 0 Å². The number of hydrogen-bond acceptors (Lipinski definition) is 5. The summed E-state index contributed by atoms with van der Waals surface area (Å²) in [5.41, 5.74) is 0.328. The van der Waals surface area contributed by atoms with Gasteiger partial charge >= 0.3 is 11.8 Å². The van der Waals surface area contributed by atoms with Crippen LogP contribution in [0.5, 0.6) is 0 Å². The quantitative estimate of drug-likeness (QED) is 0.698. The number of carbonyl (C=O) groups is 2. The topological polar surface area (TPSA) is 92.3 Å². The van der Waals surface area contributed by atoms with Gasteiger partial charge in [-0.1, -0.05) is 25.1 Å². The first kappa shape index (κ1) is 20.1. The van der Waals surface area contributed by atoms with Crippen molar-refractivity contribution in [1.29, 1.82) is 0 Å². The SMILES string of the molecule is CCCNC(=O)C(=O)NC[C@H](c1ccc(F)cc1)S(=O)(=O)c1cccs1. The highest BCUT2D eigenvalue weighted by Crippen LogP contribution is 2.31. The summed E-state index contributed by atoms with van der Waals surface area (Å²) < 4.78 is 39.1. The van der Waals surface area contributed by atoms with E-state index in [9.17, 15) is 22.4 Å². The summed E-state index contributed by atoms with van der Waals surface area (Å²) >= 11 is 1.05. The Hall–Kier alpha value is -2.26. The van der Waals surface area contributed by atoms with Crippen molar-refractivity contribution < 1.29 is 22.4 Å². The molecule has 0 unspecified atom stereocenters. The van der Waals surface area contributed by atoms with Crippen LogP contribution in [0.1, 0.15) is 24.2 Å². The van der Waals surface area contributed by atoms with E-state index in [1.54, 1.807) is 11.4 Å². The molecule has 0 aliphatic carbocycles. The highest BCUT2D eigenvalue weighted by atomic mass is 32.2. The number of halogens is 1. The highest BCUT2D eigenvalue weighted by Gasteiger charge is 2.31. The molecule has 0 saturated carbocycles. The van der Waals surface area contributed by atoms with Gasteiger partial charge in [-0.05, 0) is 35.6 Å². The van der Waals surface area contributed by atoms with E-state index in [-0.39, 0.29) is 10.8 Å². The van der Waals surface area contributed by atoms with E-state index in [1.807, 2.05) is 6.92 Å². The Morgan fingerprint density at radius 1 is 1.12 bits per heavy atom. The number of thiophene rings is 1. The summed E-state index contributed by atoms with van der Waals surface area (Å²) in [6.07, 6.45) is 0.671. The van der Waals surface area contributed by atoms with Crippen LogP contribution in [-0.2, 0) is 19.4 Å². The fourth-order valence-corrected chi connectivity index (χ4v) is 5.10. The van der Waals surface area contributed by atoms with E-state index >= 15 is 0 Å². The number of carbonyl (C=O) groups excluding carboxylic acids is 2. The van der Waals surface area contributed by atoms with Gasteiger partial charge in [0.05, 0.1) is 0 Å². The second-order valence-corrected chi connectivity index (χ2v) is 8.79. The molecule has 0 bridgehead atoms.